The Labute approximate surface area is 113 Å². The largest absolute Gasteiger partial charge is 0.338 e. The number of aryl methyl sites for hydroxylation is 3. The third-order valence-electron chi connectivity index (χ3n) is 4.05. The molecule has 98 valence electrons. The molecule has 0 bridgehead atoms. The molecule has 1 aliphatic carbocycles. The molecule has 1 atom stereocenters. The van der Waals surface area contributed by atoms with Gasteiger partial charge in [-0.05, 0) is 24.8 Å². The van der Waals surface area contributed by atoms with Gasteiger partial charge in [-0.15, -0.1) is 0 Å². The molecule has 1 aromatic carbocycles. The molecule has 0 radical (unpaired) electrons. The van der Waals surface area contributed by atoms with Gasteiger partial charge in [0.15, 0.2) is 5.78 Å². The zero-order valence-corrected chi connectivity index (χ0v) is 11.2. The third-order valence-corrected chi connectivity index (χ3v) is 4.05. The minimum Gasteiger partial charge on any atom is -0.338 e. The van der Waals surface area contributed by atoms with E-state index in [0.29, 0.717) is 5.78 Å². The van der Waals surface area contributed by atoms with Crippen molar-refractivity contribution in [3.05, 3.63) is 53.6 Å². The second kappa shape index (κ2) is 5.00. The third kappa shape index (κ3) is 2.33. The molecule has 0 spiro atoms. The van der Waals surface area contributed by atoms with Crippen molar-refractivity contribution in [3.8, 4) is 0 Å². The smallest absolute Gasteiger partial charge is 0.166 e. The molecule has 19 heavy (non-hydrogen) atoms. The summed E-state index contributed by atoms with van der Waals surface area (Å²) in [5.74, 6) is 1.54. The summed E-state index contributed by atoms with van der Waals surface area (Å²) in [7, 11) is 2.00. The number of rotatable bonds is 3. The first-order chi connectivity index (χ1) is 9.25. The monoisotopic (exact) mass is 254 g/mol. The van der Waals surface area contributed by atoms with Gasteiger partial charge in [-0.1, -0.05) is 24.3 Å². The summed E-state index contributed by atoms with van der Waals surface area (Å²) >= 11 is 0. The fraction of sp³-hybridized carbons (Fsp3) is 0.375. The molecule has 3 nitrogen and oxygen atoms in total. The van der Waals surface area contributed by atoms with Crippen LogP contribution in [0.25, 0.3) is 0 Å². The number of hydrogen-bond acceptors (Lipinski definition) is 2. The molecule has 0 fully saturated rings. The van der Waals surface area contributed by atoms with Gasteiger partial charge in [-0.2, -0.15) is 0 Å². The van der Waals surface area contributed by atoms with Crippen LogP contribution in [0.4, 0.5) is 0 Å². The molecule has 3 heteroatoms. The fourth-order valence-electron chi connectivity index (χ4n) is 2.88. The van der Waals surface area contributed by atoms with Crippen molar-refractivity contribution in [3.63, 3.8) is 0 Å². The molecule has 0 saturated heterocycles. The average molecular weight is 254 g/mol. The lowest BCUT2D eigenvalue weighted by molar-refractivity contribution is 0.0894. The average Bonchev–Trinajstić information content (AvgIpc) is 2.84. The molecule has 0 N–H and O–H groups in total. The number of imidazole rings is 1. The number of hydrogen-bond donors (Lipinski definition) is 0. The summed E-state index contributed by atoms with van der Waals surface area (Å²) in [6.07, 6.45) is 7.54. The number of fused-ring (bicyclic) bond motifs is 1. The Balaban J connectivity index is 1.71. The lowest BCUT2D eigenvalue weighted by atomic mass is 9.80. The topological polar surface area (TPSA) is 34.9 Å². The van der Waals surface area contributed by atoms with Gasteiger partial charge < -0.3 is 4.57 Å². The number of carbonyl (C=O) groups is 1. The van der Waals surface area contributed by atoms with Crippen LogP contribution in [0.3, 0.4) is 0 Å². The molecule has 0 amide bonds. The van der Waals surface area contributed by atoms with Gasteiger partial charge >= 0.3 is 0 Å². The number of benzene rings is 1. The molecule has 1 heterocycles. The van der Waals surface area contributed by atoms with Gasteiger partial charge in [0.1, 0.15) is 5.82 Å². The van der Waals surface area contributed by atoms with Crippen LogP contribution in [-0.4, -0.2) is 15.3 Å². The summed E-state index contributed by atoms with van der Waals surface area (Å²) in [6.45, 7) is 0. The quantitative estimate of drug-likeness (QED) is 0.844. The number of nitrogens with zero attached hydrogens (tertiary/aromatic N) is 2. The van der Waals surface area contributed by atoms with Gasteiger partial charge in [0.2, 0.25) is 0 Å². The molecule has 1 aliphatic rings. The first-order valence-electron chi connectivity index (χ1n) is 6.84. The SMILES string of the molecule is Cn1ccnc1CCC1CCc2ccccc2C1=O. The molecule has 3 rings (SSSR count). The maximum absolute atomic E-state index is 12.4. The van der Waals surface area contributed by atoms with Crippen molar-refractivity contribution in [2.45, 2.75) is 25.7 Å². The van der Waals surface area contributed by atoms with Gasteiger partial charge in [0.05, 0.1) is 0 Å². The fourth-order valence-corrected chi connectivity index (χ4v) is 2.88. The highest BCUT2D eigenvalue weighted by Gasteiger charge is 2.26. The summed E-state index contributed by atoms with van der Waals surface area (Å²) < 4.78 is 2.03. The Hall–Kier alpha value is -1.90. The van der Waals surface area contributed by atoms with Crippen molar-refractivity contribution in [1.29, 1.82) is 0 Å². The van der Waals surface area contributed by atoms with Crippen molar-refractivity contribution < 1.29 is 4.79 Å². The first-order valence-corrected chi connectivity index (χ1v) is 6.84. The Morgan fingerprint density at radius 3 is 3.00 bits per heavy atom. The molecule has 1 unspecified atom stereocenters. The van der Waals surface area contributed by atoms with Crippen LogP contribution >= 0.6 is 0 Å². The van der Waals surface area contributed by atoms with E-state index in [-0.39, 0.29) is 5.92 Å². The van der Waals surface area contributed by atoms with Gasteiger partial charge in [-0.3, -0.25) is 4.79 Å². The summed E-state index contributed by atoms with van der Waals surface area (Å²) in [5.41, 5.74) is 2.14. The Morgan fingerprint density at radius 1 is 1.37 bits per heavy atom. The van der Waals surface area contributed by atoms with E-state index in [1.807, 2.05) is 42.2 Å². The highest BCUT2D eigenvalue weighted by molar-refractivity contribution is 6.00. The lowest BCUT2D eigenvalue weighted by Gasteiger charge is -2.23. The zero-order chi connectivity index (χ0) is 13.2. The predicted molar refractivity (Wildman–Crippen MR) is 74.1 cm³/mol. The zero-order valence-electron chi connectivity index (χ0n) is 11.2. The van der Waals surface area contributed by atoms with E-state index >= 15 is 0 Å². The molecular weight excluding hydrogens is 236 g/mol. The summed E-state index contributed by atoms with van der Waals surface area (Å²) in [4.78, 5) is 16.8. The second-order valence-corrected chi connectivity index (χ2v) is 5.25. The van der Waals surface area contributed by atoms with Crippen LogP contribution < -0.4 is 0 Å². The van der Waals surface area contributed by atoms with Crippen LogP contribution in [0.2, 0.25) is 0 Å². The molecular formula is C16H18N2O. The van der Waals surface area contributed by atoms with Crippen molar-refractivity contribution in [1.82, 2.24) is 9.55 Å². The van der Waals surface area contributed by atoms with E-state index in [4.69, 9.17) is 0 Å². The van der Waals surface area contributed by atoms with Crippen LogP contribution in [0.5, 0.6) is 0 Å². The minimum absolute atomic E-state index is 0.159. The molecule has 1 aromatic heterocycles. The van der Waals surface area contributed by atoms with Gasteiger partial charge in [0.25, 0.3) is 0 Å². The maximum Gasteiger partial charge on any atom is 0.166 e. The maximum atomic E-state index is 12.4. The van der Waals surface area contributed by atoms with E-state index in [2.05, 4.69) is 11.1 Å². The second-order valence-electron chi connectivity index (χ2n) is 5.25. The van der Waals surface area contributed by atoms with Crippen LogP contribution in [0.1, 0.15) is 34.6 Å². The first kappa shape index (κ1) is 12.2. The number of carbonyl (C=O) groups excluding carboxylic acids is 1. The number of aromatic nitrogens is 2. The summed E-state index contributed by atoms with van der Waals surface area (Å²) in [5, 5.41) is 0. The normalized spacial score (nSPS) is 18.4. The Bertz CT molecular complexity index is 600. The molecule has 0 saturated carbocycles. The van der Waals surface area contributed by atoms with Crippen molar-refractivity contribution in [2.24, 2.45) is 13.0 Å². The van der Waals surface area contributed by atoms with E-state index in [9.17, 15) is 4.79 Å². The Morgan fingerprint density at radius 2 is 2.21 bits per heavy atom. The van der Waals surface area contributed by atoms with Gasteiger partial charge in [-0.25, -0.2) is 4.98 Å². The number of ketones is 1. The number of Topliss-reactive ketones (excluding diaryl/α,β-unsaturated/α-hetero) is 1. The van der Waals surface area contributed by atoms with E-state index < -0.39 is 0 Å². The van der Waals surface area contributed by atoms with E-state index in [0.717, 1.165) is 37.1 Å². The Kier molecular flexibility index (Phi) is 3.20. The highest BCUT2D eigenvalue weighted by Crippen LogP contribution is 2.28. The standard InChI is InChI=1S/C16H18N2O/c1-18-11-10-17-15(18)9-8-13-7-6-12-4-2-3-5-14(12)16(13)19/h2-5,10-11,13H,6-9H2,1H3. The van der Waals surface area contributed by atoms with Crippen LogP contribution in [0, 0.1) is 5.92 Å². The van der Waals surface area contributed by atoms with Crippen molar-refractivity contribution in [2.75, 3.05) is 0 Å². The summed E-state index contributed by atoms with van der Waals surface area (Å²) in [6, 6.07) is 8.00. The lowest BCUT2D eigenvalue weighted by Crippen LogP contribution is -2.23. The molecule has 0 aliphatic heterocycles. The van der Waals surface area contributed by atoms with Crippen LogP contribution in [-0.2, 0) is 19.9 Å². The highest BCUT2D eigenvalue weighted by atomic mass is 16.1. The van der Waals surface area contributed by atoms with E-state index in [1.165, 1.54) is 5.56 Å². The van der Waals surface area contributed by atoms with Crippen molar-refractivity contribution >= 4 is 5.78 Å². The van der Waals surface area contributed by atoms with Gasteiger partial charge in [0, 0.05) is 37.3 Å². The van der Waals surface area contributed by atoms with E-state index in [1.54, 1.807) is 0 Å². The van der Waals surface area contributed by atoms with Crippen LogP contribution in [0.15, 0.2) is 36.7 Å². The minimum atomic E-state index is 0.159. The predicted octanol–water partition coefficient (Wildman–Crippen LogP) is 2.80. The molecule has 2 aromatic rings.